The quantitative estimate of drug-likeness (QED) is 0.245. The lowest BCUT2D eigenvalue weighted by molar-refractivity contribution is -0.385. The van der Waals surface area contributed by atoms with E-state index in [-0.39, 0.29) is 17.3 Å². The van der Waals surface area contributed by atoms with Gasteiger partial charge in [-0.15, -0.1) is 0 Å². The Morgan fingerprint density at radius 3 is 2.31 bits per heavy atom. The van der Waals surface area contributed by atoms with Crippen LogP contribution in [-0.4, -0.2) is 49.7 Å². The van der Waals surface area contributed by atoms with Gasteiger partial charge in [0.05, 0.1) is 32.3 Å². The van der Waals surface area contributed by atoms with Gasteiger partial charge in [0.2, 0.25) is 6.10 Å². The Labute approximate surface area is 202 Å². The summed E-state index contributed by atoms with van der Waals surface area (Å²) < 4.78 is 22.3. The SMILES string of the molecule is COc1ccc(CCN2C(=O)[C@@H](Oc3cccc([N+](=O)[O-])c3)[C@H]2c2cccc(OC)c2OC)cc1. The molecule has 182 valence electrons. The first-order valence-electron chi connectivity index (χ1n) is 11.0. The lowest BCUT2D eigenvalue weighted by atomic mass is 9.89. The van der Waals surface area contributed by atoms with E-state index in [4.69, 9.17) is 18.9 Å². The molecule has 0 N–H and O–H groups in total. The van der Waals surface area contributed by atoms with E-state index in [9.17, 15) is 14.9 Å². The summed E-state index contributed by atoms with van der Waals surface area (Å²) in [6, 6.07) is 18.5. The Balaban J connectivity index is 1.63. The summed E-state index contributed by atoms with van der Waals surface area (Å²) in [6.07, 6.45) is -0.240. The molecular weight excluding hydrogens is 452 g/mol. The number of nitro benzene ring substituents is 1. The number of β-lactam (4-membered cyclic amide) rings is 1. The van der Waals surface area contributed by atoms with Gasteiger partial charge in [0.15, 0.2) is 11.5 Å². The summed E-state index contributed by atoms with van der Waals surface area (Å²) in [6.45, 7) is 0.449. The fourth-order valence-electron chi connectivity index (χ4n) is 4.22. The molecule has 1 aliphatic heterocycles. The number of carbonyl (C=O) groups excluding carboxylic acids is 1. The van der Waals surface area contributed by atoms with Gasteiger partial charge in [0, 0.05) is 18.2 Å². The Kier molecular flexibility index (Phi) is 7.05. The maximum Gasteiger partial charge on any atom is 0.273 e. The molecule has 1 heterocycles. The summed E-state index contributed by atoms with van der Waals surface area (Å²) >= 11 is 0. The third-order valence-corrected chi connectivity index (χ3v) is 5.99. The second-order valence-corrected chi connectivity index (χ2v) is 7.95. The zero-order valence-corrected chi connectivity index (χ0v) is 19.7. The van der Waals surface area contributed by atoms with Crippen molar-refractivity contribution in [2.45, 2.75) is 18.6 Å². The molecule has 3 aromatic rings. The minimum atomic E-state index is -0.867. The van der Waals surface area contributed by atoms with Crippen molar-refractivity contribution in [1.29, 1.82) is 0 Å². The van der Waals surface area contributed by atoms with Crippen molar-refractivity contribution < 1.29 is 28.7 Å². The van der Waals surface area contributed by atoms with Gasteiger partial charge >= 0.3 is 0 Å². The third-order valence-electron chi connectivity index (χ3n) is 5.99. The largest absolute Gasteiger partial charge is 0.497 e. The highest BCUT2D eigenvalue weighted by Crippen LogP contribution is 2.44. The maximum atomic E-state index is 13.2. The number of amides is 1. The number of ether oxygens (including phenoxy) is 4. The van der Waals surface area contributed by atoms with Crippen LogP contribution in [0.15, 0.2) is 66.7 Å². The van der Waals surface area contributed by atoms with Gasteiger partial charge in [-0.1, -0.05) is 30.3 Å². The van der Waals surface area contributed by atoms with Crippen molar-refractivity contribution in [2.24, 2.45) is 0 Å². The number of nitro groups is 1. The number of para-hydroxylation sites is 1. The molecule has 1 fully saturated rings. The minimum Gasteiger partial charge on any atom is -0.497 e. The fourth-order valence-corrected chi connectivity index (χ4v) is 4.22. The van der Waals surface area contributed by atoms with Crippen molar-refractivity contribution in [3.05, 3.63) is 88.0 Å². The number of rotatable bonds is 10. The van der Waals surface area contributed by atoms with Crippen molar-refractivity contribution in [1.82, 2.24) is 4.90 Å². The van der Waals surface area contributed by atoms with Crippen LogP contribution in [0, 0.1) is 10.1 Å². The van der Waals surface area contributed by atoms with Gasteiger partial charge < -0.3 is 23.8 Å². The average Bonchev–Trinajstić information content (AvgIpc) is 2.89. The zero-order valence-electron chi connectivity index (χ0n) is 19.7. The molecule has 0 saturated carbocycles. The van der Waals surface area contributed by atoms with Gasteiger partial charge in [-0.3, -0.25) is 14.9 Å². The highest BCUT2D eigenvalue weighted by Gasteiger charge is 2.51. The molecule has 1 saturated heterocycles. The molecule has 0 bridgehead atoms. The van der Waals surface area contributed by atoms with Crippen LogP contribution in [0.2, 0.25) is 0 Å². The Hall–Kier alpha value is -4.27. The van der Waals surface area contributed by atoms with Crippen molar-refractivity contribution in [3.63, 3.8) is 0 Å². The molecule has 1 aliphatic rings. The van der Waals surface area contributed by atoms with E-state index < -0.39 is 17.1 Å². The number of carbonyl (C=O) groups is 1. The molecule has 0 radical (unpaired) electrons. The van der Waals surface area contributed by atoms with Crippen LogP contribution in [0.5, 0.6) is 23.0 Å². The first kappa shape index (κ1) is 23.9. The van der Waals surface area contributed by atoms with E-state index in [1.165, 1.54) is 18.2 Å². The smallest absolute Gasteiger partial charge is 0.273 e. The number of nitrogens with zero attached hydrogens (tertiary/aromatic N) is 2. The van der Waals surface area contributed by atoms with Crippen molar-refractivity contribution >= 4 is 11.6 Å². The monoisotopic (exact) mass is 478 g/mol. The lowest BCUT2D eigenvalue weighted by Crippen LogP contribution is -2.61. The van der Waals surface area contributed by atoms with Gasteiger partial charge in [-0.2, -0.15) is 0 Å². The predicted molar refractivity (Wildman–Crippen MR) is 128 cm³/mol. The maximum absolute atomic E-state index is 13.2. The summed E-state index contributed by atoms with van der Waals surface area (Å²) in [5, 5.41) is 11.2. The number of hydrogen-bond donors (Lipinski definition) is 0. The highest BCUT2D eigenvalue weighted by molar-refractivity contribution is 5.89. The first-order chi connectivity index (χ1) is 17.0. The molecule has 1 amide bonds. The standard InChI is InChI=1S/C26H26N2O7/c1-32-19-12-10-17(11-13-19)14-15-27-23(21-8-5-9-22(33-2)24(21)34-3)25(26(27)29)35-20-7-4-6-18(16-20)28(30)31/h4-13,16,23,25H,14-15H2,1-3H3/t23-,25+/m1/s1. The van der Waals surface area contributed by atoms with Gasteiger partial charge in [-0.05, 0) is 36.2 Å². The summed E-state index contributed by atoms with van der Waals surface area (Å²) in [5.41, 5.74) is 1.68. The number of non-ortho nitro benzene ring substituents is 1. The van der Waals surface area contributed by atoms with Crippen LogP contribution in [0.25, 0.3) is 0 Å². The molecule has 0 unspecified atom stereocenters. The third kappa shape index (κ3) is 4.84. The van der Waals surface area contributed by atoms with E-state index in [1.807, 2.05) is 36.4 Å². The summed E-state index contributed by atoms with van der Waals surface area (Å²) in [5.74, 6) is 1.85. The van der Waals surface area contributed by atoms with Crippen LogP contribution in [0.1, 0.15) is 17.2 Å². The Morgan fingerprint density at radius 2 is 1.66 bits per heavy atom. The zero-order chi connectivity index (χ0) is 24.9. The molecule has 3 aromatic carbocycles. The van der Waals surface area contributed by atoms with Crippen LogP contribution < -0.4 is 18.9 Å². The van der Waals surface area contributed by atoms with Crippen LogP contribution >= 0.6 is 0 Å². The highest BCUT2D eigenvalue weighted by atomic mass is 16.6. The fraction of sp³-hybridized carbons (Fsp3) is 0.269. The second-order valence-electron chi connectivity index (χ2n) is 7.95. The molecule has 9 heteroatoms. The molecule has 9 nitrogen and oxygen atoms in total. The molecule has 4 rings (SSSR count). The second kappa shape index (κ2) is 10.3. The number of methoxy groups -OCH3 is 3. The predicted octanol–water partition coefficient (Wildman–Crippen LogP) is 4.19. The van der Waals surface area contributed by atoms with E-state index in [0.29, 0.717) is 24.5 Å². The van der Waals surface area contributed by atoms with Crippen LogP contribution in [0.4, 0.5) is 5.69 Å². The minimum absolute atomic E-state index is 0.110. The van der Waals surface area contributed by atoms with Gasteiger partial charge in [0.25, 0.3) is 11.6 Å². The molecule has 35 heavy (non-hydrogen) atoms. The molecule has 0 aliphatic carbocycles. The topological polar surface area (TPSA) is 100 Å². The Morgan fingerprint density at radius 1 is 0.914 bits per heavy atom. The van der Waals surface area contributed by atoms with Crippen molar-refractivity contribution in [2.75, 3.05) is 27.9 Å². The summed E-state index contributed by atoms with van der Waals surface area (Å²) in [7, 11) is 4.70. The van der Waals surface area contributed by atoms with E-state index >= 15 is 0 Å². The number of hydrogen-bond acceptors (Lipinski definition) is 7. The number of benzene rings is 3. The van der Waals surface area contributed by atoms with Gasteiger partial charge in [0.1, 0.15) is 17.5 Å². The van der Waals surface area contributed by atoms with E-state index in [1.54, 1.807) is 38.4 Å². The first-order valence-corrected chi connectivity index (χ1v) is 11.0. The van der Waals surface area contributed by atoms with E-state index in [0.717, 1.165) is 16.9 Å². The van der Waals surface area contributed by atoms with E-state index in [2.05, 4.69) is 0 Å². The lowest BCUT2D eigenvalue weighted by Gasteiger charge is -2.47. The van der Waals surface area contributed by atoms with Crippen LogP contribution in [-0.2, 0) is 11.2 Å². The van der Waals surface area contributed by atoms with Gasteiger partial charge in [-0.25, -0.2) is 0 Å². The number of likely N-dealkylation sites (tertiary alicyclic amines) is 1. The molecule has 0 spiro atoms. The molecule has 0 aromatic heterocycles. The average molecular weight is 479 g/mol. The Bertz CT molecular complexity index is 1210. The van der Waals surface area contributed by atoms with Crippen LogP contribution in [0.3, 0.4) is 0 Å². The normalized spacial score (nSPS) is 16.9. The summed E-state index contributed by atoms with van der Waals surface area (Å²) in [4.78, 5) is 25.6. The molecular formula is C26H26N2O7. The molecule has 2 atom stereocenters. The van der Waals surface area contributed by atoms with Crippen molar-refractivity contribution in [3.8, 4) is 23.0 Å².